The number of ketones is 1. The van der Waals surface area contributed by atoms with Crippen LogP contribution in [0.5, 0.6) is 0 Å². The van der Waals surface area contributed by atoms with E-state index in [9.17, 15) is 14.4 Å². The number of carbonyl (C=O) groups excluding carboxylic acids is 2. The summed E-state index contributed by atoms with van der Waals surface area (Å²) in [7, 11) is 0. The van der Waals surface area contributed by atoms with E-state index in [4.69, 9.17) is 10.8 Å². The Morgan fingerprint density at radius 3 is 2.43 bits per heavy atom. The van der Waals surface area contributed by atoms with Crippen molar-refractivity contribution in [2.24, 2.45) is 5.73 Å². The Morgan fingerprint density at radius 2 is 2.00 bits per heavy atom. The van der Waals surface area contributed by atoms with Gasteiger partial charge in [-0.1, -0.05) is 0 Å². The highest BCUT2D eigenvalue weighted by Gasteiger charge is 2.18. The van der Waals surface area contributed by atoms with Crippen LogP contribution in [-0.2, 0) is 19.1 Å². The van der Waals surface area contributed by atoms with E-state index in [2.05, 4.69) is 4.74 Å². The molecule has 0 amide bonds. The van der Waals surface area contributed by atoms with Gasteiger partial charge in [-0.3, -0.25) is 14.4 Å². The topological polar surface area (TPSA) is 107 Å². The summed E-state index contributed by atoms with van der Waals surface area (Å²) in [5.74, 6) is -2.45. The van der Waals surface area contributed by atoms with Crippen LogP contribution < -0.4 is 5.73 Å². The minimum Gasteiger partial charge on any atom is -0.480 e. The monoisotopic (exact) mass is 203 g/mol. The number of esters is 1. The van der Waals surface area contributed by atoms with Gasteiger partial charge in [0, 0.05) is 6.42 Å². The molecule has 0 heterocycles. The number of aliphatic carboxylic acids is 1. The highest BCUT2D eigenvalue weighted by atomic mass is 16.5. The molecule has 1 atom stereocenters. The van der Waals surface area contributed by atoms with Gasteiger partial charge in [0.2, 0.25) is 0 Å². The Bertz CT molecular complexity index is 238. The maximum atomic E-state index is 11.0. The van der Waals surface area contributed by atoms with Crippen molar-refractivity contribution in [3.8, 4) is 0 Å². The minimum atomic E-state index is -1.26. The molecule has 0 aromatic heterocycles. The van der Waals surface area contributed by atoms with Crippen molar-refractivity contribution in [3.63, 3.8) is 0 Å². The number of nitrogens with two attached hydrogens (primary N) is 1. The van der Waals surface area contributed by atoms with Gasteiger partial charge in [0.1, 0.15) is 18.2 Å². The molecule has 0 rings (SSSR count). The van der Waals surface area contributed by atoms with E-state index in [1.807, 2.05) is 0 Å². The number of carboxylic acid groups (broad SMARTS) is 1. The van der Waals surface area contributed by atoms with Crippen LogP contribution in [0.3, 0.4) is 0 Å². The second-order valence-electron chi connectivity index (χ2n) is 2.67. The van der Waals surface area contributed by atoms with Crippen LogP contribution in [0.15, 0.2) is 0 Å². The molecule has 6 heteroatoms. The van der Waals surface area contributed by atoms with E-state index in [-0.39, 0.29) is 13.0 Å². The Hall–Kier alpha value is -1.43. The average Bonchev–Trinajstić information content (AvgIpc) is 2.03. The Morgan fingerprint density at radius 1 is 1.43 bits per heavy atom. The molecule has 0 spiro atoms. The third-order valence-electron chi connectivity index (χ3n) is 1.41. The van der Waals surface area contributed by atoms with Crippen molar-refractivity contribution < 1.29 is 24.2 Å². The van der Waals surface area contributed by atoms with Gasteiger partial charge >= 0.3 is 11.9 Å². The summed E-state index contributed by atoms with van der Waals surface area (Å²) < 4.78 is 4.51. The van der Waals surface area contributed by atoms with Crippen molar-refractivity contribution in [3.05, 3.63) is 0 Å². The highest BCUT2D eigenvalue weighted by molar-refractivity contribution is 5.97. The van der Waals surface area contributed by atoms with E-state index in [0.717, 1.165) is 0 Å². The summed E-state index contributed by atoms with van der Waals surface area (Å²) in [5.41, 5.74) is 5.09. The van der Waals surface area contributed by atoms with Crippen LogP contribution in [0.2, 0.25) is 0 Å². The molecule has 0 saturated carbocycles. The highest BCUT2D eigenvalue weighted by Crippen LogP contribution is 1.96. The first-order valence-corrected chi connectivity index (χ1v) is 4.13. The zero-order valence-corrected chi connectivity index (χ0v) is 7.86. The van der Waals surface area contributed by atoms with Crippen LogP contribution in [0.4, 0.5) is 0 Å². The summed E-state index contributed by atoms with van der Waals surface area (Å²) in [6.45, 7) is 1.81. The summed E-state index contributed by atoms with van der Waals surface area (Å²) in [4.78, 5) is 32.0. The first-order chi connectivity index (χ1) is 6.47. The summed E-state index contributed by atoms with van der Waals surface area (Å²) in [5, 5.41) is 8.37. The SMILES string of the molecule is CCOC(=O)CC(=O)CC(N)C(=O)O. The lowest BCUT2D eigenvalue weighted by Gasteiger charge is -2.04. The number of rotatable bonds is 6. The lowest BCUT2D eigenvalue weighted by molar-refractivity contribution is -0.147. The molecule has 0 saturated heterocycles. The van der Waals surface area contributed by atoms with Crippen molar-refractivity contribution in [1.82, 2.24) is 0 Å². The minimum absolute atomic E-state index is 0.192. The lowest BCUT2D eigenvalue weighted by atomic mass is 10.1. The Labute approximate surface area is 81.0 Å². The molecule has 0 aliphatic heterocycles. The Balaban J connectivity index is 3.86. The molecule has 0 aromatic rings. The van der Waals surface area contributed by atoms with Crippen LogP contribution >= 0.6 is 0 Å². The van der Waals surface area contributed by atoms with Gasteiger partial charge in [0.15, 0.2) is 0 Å². The number of carboxylic acids is 1. The molecule has 0 fully saturated rings. The van der Waals surface area contributed by atoms with E-state index < -0.39 is 30.2 Å². The van der Waals surface area contributed by atoms with Gasteiger partial charge in [0.05, 0.1) is 6.61 Å². The molecule has 0 aliphatic carbocycles. The number of Topliss-reactive ketones (excluding diaryl/α,β-unsaturated/α-hetero) is 1. The van der Waals surface area contributed by atoms with Gasteiger partial charge < -0.3 is 15.6 Å². The molecule has 0 bridgehead atoms. The van der Waals surface area contributed by atoms with Gasteiger partial charge in [-0.25, -0.2) is 0 Å². The van der Waals surface area contributed by atoms with Crippen LogP contribution in [-0.4, -0.2) is 35.5 Å². The van der Waals surface area contributed by atoms with Crippen molar-refractivity contribution >= 4 is 17.7 Å². The second-order valence-corrected chi connectivity index (χ2v) is 2.67. The largest absolute Gasteiger partial charge is 0.480 e. The van der Waals surface area contributed by atoms with Gasteiger partial charge in [-0.15, -0.1) is 0 Å². The van der Waals surface area contributed by atoms with Gasteiger partial charge in [0.25, 0.3) is 0 Å². The number of hydrogen-bond donors (Lipinski definition) is 2. The average molecular weight is 203 g/mol. The smallest absolute Gasteiger partial charge is 0.320 e. The zero-order valence-electron chi connectivity index (χ0n) is 7.86. The van der Waals surface area contributed by atoms with Crippen LogP contribution in [0.1, 0.15) is 19.8 Å². The normalized spacial score (nSPS) is 11.9. The molecule has 0 radical (unpaired) electrons. The predicted octanol–water partition coefficient (Wildman–Crippen LogP) is -0.689. The summed E-state index contributed by atoms with van der Waals surface area (Å²) in [6.07, 6.45) is -0.775. The fraction of sp³-hybridized carbons (Fsp3) is 0.625. The second kappa shape index (κ2) is 6.09. The summed E-state index contributed by atoms with van der Waals surface area (Å²) in [6, 6.07) is -1.25. The molecule has 80 valence electrons. The maximum Gasteiger partial charge on any atom is 0.320 e. The third-order valence-corrected chi connectivity index (χ3v) is 1.41. The third kappa shape index (κ3) is 5.26. The fourth-order valence-corrected chi connectivity index (χ4v) is 0.778. The van der Waals surface area contributed by atoms with Gasteiger partial charge in [-0.2, -0.15) is 0 Å². The first kappa shape index (κ1) is 12.6. The number of hydrogen-bond acceptors (Lipinski definition) is 5. The standard InChI is InChI=1S/C8H13NO5/c1-2-14-7(11)4-5(10)3-6(9)8(12)13/h6H,2-4,9H2,1H3,(H,12,13). The fourth-order valence-electron chi connectivity index (χ4n) is 0.778. The molecular formula is C8H13NO5. The maximum absolute atomic E-state index is 11.0. The van der Waals surface area contributed by atoms with Crippen molar-refractivity contribution in [2.45, 2.75) is 25.8 Å². The molecular weight excluding hydrogens is 190 g/mol. The first-order valence-electron chi connectivity index (χ1n) is 4.13. The molecule has 14 heavy (non-hydrogen) atoms. The van der Waals surface area contributed by atoms with E-state index in [1.54, 1.807) is 6.92 Å². The van der Waals surface area contributed by atoms with E-state index >= 15 is 0 Å². The van der Waals surface area contributed by atoms with Crippen LogP contribution in [0, 0.1) is 0 Å². The summed E-state index contributed by atoms with van der Waals surface area (Å²) >= 11 is 0. The molecule has 1 unspecified atom stereocenters. The van der Waals surface area contributed by atoms with E-state index in [1.165, 1.54) is 0 Å². The van der Waals surface area contributed by atoms with Crippen LogP contribution in [0.25, 0.3) is 0 Å². The van der Waals surface area contributed by atoms with Crippen molar-refractivity contribution in [2.75, 3.05) is 6.61 Å². The zero-order chi connectivity index (χ0) is 11.1. The quantitative estimate of drug-likeness (QED) is 0.437. The predicted molar refractivity (Wildman–Crippen MR) is 46.5 cm³/mol. The molecule has 0 aromatic carbocycles. The number of carbonyl (C=O) groups is 3. The number of ether oxygens (including phenoxy) is 1. The lowest BCUT2D eigenvalue weighted by Crippen LogP contribution is -2.33. The van der Waals surface area contributed by atoms with Gasteiger partial charge in [-0.05, 0) is 6.92 Å². The Kier molecular flexibility index (Phi) is 5.47. The van der Waals surface area contributed by atoms with Crippen molar-refractivity contribution in [1.29, 1.82) is 0 Å². The molecule has 3 N–H and O–H groups in total. The molecule has 6 nitrogen and oxygen atoms in total. The molecule has 0 aliphatic rings. The van der Waals surface area contributed by atoms with E-state index in [0.29, 0.717) is 0 Å².